The van der Waals surface area contributed by atoms with Crippen LogP contribution < -0.4 is 4.74 Å². The molecule has 0 spiro atoms. The molecule has 0 heterocycles. The molecule has 0 bridgehead atoms. The third kappa shape index (κ3) is 2.40. The Morgan fingerprint density at radius 2 is 2.00 bits per heavy atom. The molecule has 0 aliphatic heterocycles. The number of rotatable bonds is 2. The standard InChI is InChI=1S/C17H16O6/c1-8(18)23-13-5-3-4-10-15(13)17(21)14-11(16(10)20)6-9(22-2)7-12(14)19/h3,5-7,10,13,15,19H,4H2,1-2H3/t10-,13+,15-/m1/s1. The van der Waals surface area contributed by atoms with Crippen LogP contribution in [0, 0.1) is 11.8 Å². The summed E-state index contributed by atoms with van der Waals surface area (Å²) >= 11 is 0. The SMILES string of the molecule is COc1cc(O)c2c(c1)C(=O)[C@@H]1CC=C[C@H](OC(C)=O)[C@@H]1C2=O. The van der Waals surface area contributed by atoms with Crippen LogP contribution in [-0.2, 0) is 9.53 Å². The van der Waals surface area contributed by atoms with Crippen LogP contribution >= 0.6 is 0 Å². The first kappa shape index (κ1) is 15.3. The molecule has 3 rings (SSSR count). The zero-order valence-electron chi connectivity index (χ0n) is 12.7. The molecule has 0 radical (unpaired) electrons. The number of phenols is 1. The Morgan fingerprint density at radius 3 is 2.65 bits per heavy atom. The number of Topliss-reactive ketones (excluding diaryl/α,β-unsaturated/α-hetero) is 2. The van der Waals surface area contributed by atoms with Gasteiger partial charge in [-0.05, 0) is 18.6 Å². The number of carbonyl (C=O) groups excluding carboxylic acids is 3. The van der Waals surface area contributed by atoms with Crippen LogP contribution in [0.2, 0.25) is 0 Å². The minimum Gasteiger partial charge on any atom is -0.507 e. The van der Waals surface area contributed by atoms with E-state index in [2.05, 4.69) is 0 Å². The molecule has 1 aromatic carbocycles. The van der Waals surface area contributed by atoms with Crippen molar-refractivity contribution in [1.82, 2.24) is 0 Å². The molecule has 0 fully saturated rings. The summed E-state index contributed by atoms with van der Waals surface area (Å²) < 4.78 is 10.2. The third-order valence-corrected chi connectivity index (χ3v) is 4.28. The molecule has 120 valence electrons. The number of ketones is 2. The second kappa shape index (κ2) is 5.53. The number of fused-ring (bicyclic) bond motifs is 2. The van der Waals surface area contributed by atoms with Crippen LogP contribution in [0.1, 0.15) is 34.1 Å². The zero-order chi connectivity index (χ0) is 16.7. The van der Waals surface area contributed by atoms with Crippen LogP contribution in [0.5, 0.6) is 11.5 Å². The highest BCUT2D eigenvalue weighted by molar-refractivity contribution is 6.18. The van der Waals surface area contributed by atoms with Gasteiger partial charge in [0.05, 0.1) is 18.6 Å². The normalized spacial score (nSPS) is 25.6. The van der Waals surface area contributed by atoms with Gasteiger partial charge >= 0.3 is 5.97 Å². The average molecular weight is 316 g/mol. The second-order valence-corrected chi connectivity index (χ2v) is 5.67. The Morgan fingerprint density at radius 1 is 1.26 bits per heavy atom. The molecule has 3 atom stereocenters. The number of aromatic hydroxyl groups is 1. The topological polar surface area (TPSA) is 89.9 Å². The molecule has 0 saturated carbocycles. The summed E-state index contributed by atoms with van der Waals surface area (Å²) in [6.45, 7) is 1.25. The lowest BCUT2D eigenvalue weighted by molar-refractivity contribution is -0.146. The largest absolute Gasteiger partial charge is 0.507 e. The lowest BCUT2D eigenvalue weighted by Gasteiger charge is -2.36. The quantitative estimate of drug-likeness (QED) is 0.662. The van der Waals surface area contributed by atoms with E-state index in [0.717, 1.165) is 0 Å². The van der Waals surface area contributed by atoms with E-state index in [-0.39, 0.29) is 28.4 Å². The van der Waals surface area contributed by atoms with Crippen LogP contribution in [0.25, 0.3) is 0 Å². The van der Waals surface area contributed by atoms with E-state index in [9.17, 15) is 19.5 Å². The van der Waals surface area contributed by atoms with E-state index >= 15 is 0 Å². The van der Waals surface area contributed by atoms with Gasteiger partial charge in [-0.25, -0.2) is 0 Å². The second-order valence-electron chi connectivity index (χ2n) is 5.67. The maximum Gasteiger partial charge on any atom is 0.303 e. The highest BCUT2D eigenvalue weighted by atomic mass is 16.5. The van der Waals surface area contributed by atoms with Crippen LogP contribution in [-0.4, -0.2) is 35.9 Å². The molecule has 2 aliphatic rings. The summed E-state index contributed by atoms with van der Waals surface area (Å²) in [6.07, 6.45) is 2.96. The first-order valence-electron chi connectivity index (χ1n) is 7.27. The van der Waals surface area contributed by atoms with E-state index in [4.69, 9.17) is 9.47 Å². The van der Waals surface area contributed by atoms with Crippen LogP contribution in [0.4, 0.5) is 0 Å². The van der Waals surface area contributed by atoms with Gasteiger partial charge in [-0.1, -0.05) is 6.08 Å². The fourth-order valence-corrected chi connectivity index (χ4v) is 3.30. The first-order valence-corrected chi connectivity index (χ1v) is 7.27. The fraction of sp³-hybridized carbons (Fsp3) is 0.353. The van der Waals surface area contributed by atoms with Crippen molar-refractivity contribution < 1.29 is 29.0 Å². The van der Waals surface area contributed by atoms with E-state index in [1.165, 1.54) is 26.2 Å². The van der Waals surface area contributed by atoms with Crippen molar-refractivity contribution in [2.24, 2.45) is 11.8 Å². The van der Waals surface area contributed by atoms with Crippen molar-refractivity contribution in [1.29, 1.82) is 0 Å². The van der Waals surface area contributed by atoms with E-state index in [1.807, 2.05) is 0 Å². The summed E-state index contributed by atoms with van der Waals surface area (Å²) in [4.78, 5) is 36.8. The summed E-state index contributed by atoms with van der Waals surface area (Å²) in [5.74, 6) is -2.55. The number of hydrogen-bond donors (Lipinski definition) is 1. The number of carbonyl (C=O) groups is 3. The van der Waals surface area contributed by atoms with Gasteiger partial charge in [0.2, 0.25) is 0 Å². The molecular weight excluding hydrogens is 300 g/mol. The number of methoxy groups -OCH3 is 1. The first-order chi connectivity index (χ1) is 10.9. The smallest absolute Gasteiger partial charge is 0.303 e. The molecule has 0 aromatic heterocycles. The van der Waals surface area contributed by atoms with Gasteiger partial charge < -0.3 is 14.6 Å². The van der Waals surface area contributed by atoms with Gasteiger partial charge in [0.1, 0.15) is 17.6 Å². The van der Waals surface area contributed by atoms with E-state index < -0.39 is 23.9 Å². The highest BCUT2D eigenvalue weighted by Gasteiger charge is 2.48. The number of allylic oxidation sites excluding steroid dienone is 1. The summed E-state index contributed by atoms with van der Waals surface area (Å²) in [5.41, 5.74) is 0.134. The summed E-state index contributed by atoms with van der Waals surface area (Å²) in [5, 5.41) is 10.1. The van der Waals surface area contributed by atoms with Crippen molar-refractivity contribution in [3.05, 3.63) is 35.4 Å². The molecule has 0 amide bonds. The number of phenolic OH excluding ortho intramolecular Hbond substituents is 1. The number of ether oxygens (including phenoxy) is 2. The third-order valence-electron chi connectivity index (χ3n) is 4.28. The maximum atomic E-state index is 12.8. The molecule has 1 aromatic rings. The zero-order valence-corrected chi connectivity index (χ0v) is 12.7. The molecule has 6 heteroatoms. The fourth-order valence-electron chi connectivity index (χ4n) is 3.30. The summed E-state index contributed by atoms with van der Waals surface area (Å²) in [6, 6.07) is 2.76. The Kier molecular flexibility index (Phi) is 3.67. The monoisotopic (exact) mass is 316 g/mol. The Labute approximate surface area is 132 Å². The van der Waals surface area contributed by atoms with Gasteiger partial charge in [-0.2, -0.15) is 0 Å². The lowest BCUT2D eigenvalue weighted by atomic mass is 9.68. The van der Waals surface area contributed by atoms with Crippen LogP contribution in [0.15, 0.2) is 24.3 Å². The predicted molar refractivity (Wildman–Crippen MR) is 79.6 cm³/mol. The van der Waals surface area contributed by atoms with Gasteiger partial charge in [-0.15, -0.1) is 0 Å². The minimum atomic E-state index is -0.803. The van der Waals surface area contributed by atoms with Crippen molar-refractivity contribution >= 4 is 17.5 Å². The molecule has 6 nitrogen and oxygen atoms in total. The molecule has 23 heavy (non-hydrogen) atoms. The Balaban J connectivity index is 2.11. The highest BCUT2D eigenvalue weighted by Crippen LogP contribution is 2.42. The van der Waals surface area contributed by atoms with Gasteiger partial charge in [0.15, 0.2) is 11.6 Å². The van der Waals surface area contributed by atoms with Crippen molar-refractivity contribution in [2.75, 3.05) is 7.11 Å². The maximum absolute atomic E-state index is 12.8. The van der Waals surface area contributed by atoms with Gasteiger partial charge in [0, 0.05) is 24.5 Å². The van der Waals surface area contributed by atoms with Gasteiger partial charge in [0.25, 0.3) is 0 Å². The van der Waals surface area contributed by atoms with Crippen LogP contribution in [0.3, 0.4) is 0 Å². The van der Waals surface area contributed by atoms with Crippen molar-refractivity contribution in [2.45, 2.75) is 19.4 Å². The number of esters is 1. The van der Waals surface area contributed by atoms with Crippen molar-refractivity contribution in [3.8, 4) is 11.5 Å². The number of hydrogen-bond acceptors (Lipinski definition) is 6. The average Bonchev–Trinajstić information content (AvgIpc) is 2.51. The molecular formula is C17H16O6. The van der Waals surface area contributed by atoms with Gasteiger partial charge in [-0.3, -0.25) is 14.4 Å². The summed E-state index contributed by atoms with van der Waals surface area (Å²) in [7, 11) is 1.42. The Hall–Kier alpha value is -2.63. The Bertz CT molecular complexity index is 733. The predicted octanol–water partition coefficient (Wildman–Crippen LogP) is 1.90. The van der Waals surface area contributed by atoms with Crippen molar-refractivity contribution in [3.63, 3.8) is 0 Å². The van der Waals surface area contributed by atoms with E-state index in [1.54, 1.807) is 12.2 Å². The molecule has 1 N–H and O–H groups in total. The molecule has 2 aliphatic carbocycles. The molecule has 0 saturated heterocycles. The molecule has 0 unspecified atom stereocenters. The lowest BCUT2D eigenvalue weighted by Crippen LogP contribution is -2.45. The number of benzene rings is 1. The minimum absolute atomic E-state index is 0.0236. The van der Waals surface area contributed by atoms with E-state index in [0.29, 0.717) is 12.2 Å².